The number of nitrogens with zero attached hydrogens (tertiary/aromatic N) is 2. The highest BCUT2D eigenvalue weighted by atomic mass is 35.5. The van der Waals surface area contributed by atoms with Crippen molar-refractivity contribution in [2.45, 2.75) is 63.2 Å². The van der Waals surface area contributed by atoms with Gasteiger partial charge in [-0.1, -0.05) is 23.7 Å². The number of hydrogen-bond acceptors (Lipinski definition) is 7. The van der Waals surface area contributed by atoms with Crippen molar-refractivity contribution < 1.29 is 28.2 Å². The number of halogens is 2. The molecule has 232 valence electrons. The predicted molar refractivity (Wildman–Crippen MR) is 165 cm³/mol. The number of esters is 1. The molecule has 0 spiro atoms. The summed E-state index contributed by atoms with van der Waals surface area (Å²) in [6.07, 6.45) is 5.50. The van der Waals surface area contributed by atoms with E-state index < -0.39 is 11.8 Å². The topological polar surface area (TPSA) is 90.0 Å². The Morgan fingerprint density at radius 2 is 1.86 bits per heavy atom. The van der Waals surface area contributed by atoms with Gasteiger partial charge in [0.05, 0.1) is 24.8 Å². The van der Waals surface area contributed by atoms with Crippen LogP contribution in [0.2, 0.25) is 5.02 Å². The van der Waals surface area contributed by atoms with Crippen LogP contribution in [0, 0.1) is 11.7 Å². The van der Waals surface area contributed by atoms with Crippen molar-refractivity contribution in [1.29, 1.82) is 0 Å². The average Bonchev–Trinajstić information content (AvgIpc) is 3.84. The van der Waals surface area contributed by atoms with Crippen molar-refractivity contribution in [3.63, 3.8) is 0 Å². The van der Waals surface area contributed by atoms with Gasteiger partial charge in [0.2, 0.25) is 11.8 Å². The molecule has 1 N–H and O–H groups in total. The molecule has 2 atom stereocenters. The number of ether oxygens (including phenoxy) is 3. The second-order valence-corrected chi connectivity index (χ2v) is 12.3. The molecule has 0 radical (unpaired) electrons. The predicted octanol–water partition coefficient (Wildman–Crippen LogP) is 6.17. The van der Waals surface area contributed by atoms with Crippen LogP contribution in [0.4, 0.5) is 10.1 Å². The molecule has 3 aliphatic rings. The van der Waals surface area contributed by atoms with Gasteiger partial charge in [0.25, 0.3) is 0 Å². The zero-order valence-electron chi connectivity index (χ0n) is 24.8. The molecule has 6 rings (SSSR count). The first-order valence-electron chi connectivity index (χ1n) is 15.3. The van der Waals surface area contributed by atoms with Gasteiger partial charge in [-0.15, -0.1) is 0 Å². The van der Waals surface area contributed by atoms with E-state index in [4.69, 9.17) is 30.8 Å². The van der Waals surface area contributed by atoms with Gasteiger partial charge in [-0.25, -0.2) is 14.2 Å². The molecule has 8 nitrogen and oxygen atoms in total. The molecular formula is C34H37ClFN3O5. The molecule has 10 heteroatoms. The number of likely N-dealkylation sites (tertiary alicyclic amines) is 1. The first-order valence-corrected chi connectivity index (χ1v) is 15.7. The number of benzene rings is 2. The Kier molecular flexibility index (Phi) is 9.44. The van der Waals surface area contributed by atoms with E-state index in [9.17, 15) is 14.0 Å². The number of carbonyl (C=O) groups is 2. The standard InChI is InChI=1S/C34H37ClFN3O5/c1-42-34(41)23-8-10-30(25(17-23)18-27-13-16-43-27)38-33(40)32(22-5-6-22)39-14-11-21(12-15-39)29-3-2-4-31(37-29)44-20-24-7-9-26(35)19-28(24)36/h2-4,7-10,17,19,21-22,27,32H,5-6,11-16,18,20H2,1H3,(H,38,40). The summed E-state index contributed by atoms with van der Waals surface area (Å²) < 4.78 is 30.5. The van der Waals surface area contributed by atoms with E-state index in [1.54, 1.807) is 36.4 Å². The maximum atomic E-state index is 14.2. The number of methoxy groups -OCH3 is 1. The van der Waals surface area contributed by atoms with Crippen LogP contribution < -0.4 is 10.1 Å². The molecular weight excluding hydrogens is 585 g/mol. The minimum atomic E-state index is -0.405. The Balaban J connectivity index is 1.08. The molecule has 2 aromatic carbocycles. The number of anilines is 1. The Hall–Kier alpha value is -3.53. The summed E-state index contributed by atoms with van der Waals surface area (Å²) in [5.41, 5.74) is 3.42. The lowest BCUT2D eigenvalue weighted by Gasteiger charge is -2.37. The fourth-order valence-corrected chi connectivity index (χ4v) is 6.28. The number of carbonyl (C=O) groups excluding carboxylic acids is 2. The first-order chi connectivity index (χ1) is 21.4. The summed E-state index contributed by atoms with van der Waals surface area (Å²) in [5, 5.41) is 3.55. The number of piperidine rings is 1. The molecule has 0 bridgehead atoms. The summed E-state index contributed by atoms with van der Waals surface area (Å²) in [6.45, 7) is 2.37. The molecule has 3 heterocycles. The zero-order valence-corrected chi connectivity index (χ0v) is 25.5. The van der Waals surface area contributed by atoms with Gasteiger partial charge in [-0.2, -0.15) is 0 Å². The first kappa shape index (κ1) is 30.5. The fraction of sp³-hybridized carbons (Fsp3) is 0.441. The van der Waals surface area contributed by atoms with Crippen LogP contribution in [-0.4, -0.2) is 60.7 Å². The highest BCUT2D eigenvalue weighted by Gasteiger charge is 2.41. The number of pyridine rings is 1. The molecule has 3 fully saturated rings. The maximum absolute atomic E-state index is 14.2. The summed E-state index contributed by atoms with van der Waals surface area (Å²) in [4.78, 5) is 33.0. The Bertz CT molecular complexity index is 1500. The normalized spacial score (nSPS) is 19.6. The lowest BCUT2D eigenvalue weighted by molar-refractivity contribution is -0.122. The number of hydrogen-bond donors (Lipinski definition) is 1. The summed E-state index contributed by atoms with van der Waals surface area (Å²) >= 11 is 5.86. The Labute approximate surface area is 261 Å². The van der Waals surface area contributed by atoms with E-state index in [1.165, 1.54) is 13.2 Å². The Morgan fingerprint density at radius 3 is 2.55 bits per heavy atom. The maximum Gasteiger partial charge on any atom is 0.337 e. The number of nitrogens with one attached hydrogen (secondary N) is 1. The Morgan fingerprint density at radius 1 is 1.07 bits per heavy atom. The van der Waals surface area contributed by atoms with Gasteiger partial charge in [-0.3, -0.25) is 9.69 Å². The van der Waals surface area contributed by atoms with Crippen molar-refractivity contribution in [3.8, 4) is 5.88 Å². The van der Waals surface area contributed by atoms with Gasteiger partial charge in [0, 0.05) is 47.0 Å². The van der Waals surface area contributed by atoms with Crippen LogP contribution in [0.1, 0.15) is 65.2 Å². The van der Waals surface area contributed by atoms with Crippen LogP contribution >= 0.6 is 11.6 Å². The van der Waals surface area contributed by atoms with Gasteiger partial charge in [-0.05, 0) is 93.1 Å². The summed E-state index contributed by atoms with van der Waals surface area (Å²) in [5.74, 6) is 0.218. The van der Waals surface area contributed by atoms with Crippen molar-refractivity contribution in [1.82, 2.24) is 9.88 Å². The fourth-order valence-electron chi connectivity index (χ4n) is 6.12. The number of amides is 1. The minimum Gasteiger partial charge on any atom is -0.473 e. The third kappa shape index (κ3) is 7.22. The van der Waals surface area contributed by atoms with Crippen molar-refractivity contribution in [3.05, 3.63) is 87.8 Å². The van der Waals surface area contributed by atoms with Crippen LogP contribution in [-0.2, 0) is 27.3 Å². The molecule has 1 aromatic heterocycles. The lowest BCUT2D eigenvalue weighted by atomic mass is 9.91. The molecule has 44 heavy (non-hydrogen) atoms. The van der Waals surface area contributed by atoms with Crippen molar-refractivity contribution in [2.75, 3.05) is 32.1 Å². The second kappa shape index (κ2) is 13.6. The number of aromatic nitrogens is 1. The molecule has 1 saturated carbocycles. The summed E-state index contributed by atoms with van der Waals surface area (Å²) in [7, 11) is 1.36. The lowest BCUT2D eigenvalue weighted by Crippen LogP contribution is -2.49. The molecule has 2 unspecified atom stereocenters. The minimum absolute atomic E-state index is 0.00417. The van der Waals surface area contributed by atoms with Crippen LogP contribution in [0.15, 0.2) is 54.6 Å². The van der Waals surface area contributed by atoms with Crippen LogP contribution in [0.5, 0.6) is 5.88 Å². The van der Waals surface area contributed by atoms with Gasteiger partial charge in [0.1, 0.15) is 12.4 Å². The van der Waals surface area contributed by atoms with E-state index >= 15 is 0 Å². The molecule has 1 aliphatic carbocycles. The van der Waals surface area contributed by atoms with Crippen molar-refractivity contribution in [2.24, 2.45) is 5.92 Å². The largest absolute Gasteiger partial charge is 0.473 e. The quantitative estimate of drug-likeness (QED) is 0.256. The third-order valence-electron chi connectivity index (χ3n) is 8.84. The highest BCUT2D eigenvalue weighted by molar-refractivity contribution is 6.30. The van der Waals surface area contributed by atoms with E-state index in [-0.39, 0.29) is 30.6 Å². The SMILES string of the molecule is COC(=O)c1ccc(NC(=O)C(C2CC2)N2CCC(c3cccc(OCc4ccc(Cl)cc4F)n3)CC2)c(CC2CCO2)c1. The van der Waals surface area contributed by atoms with Gasteiger partial charge in [0.15, 0.2) is 0 Å². The molecule has 2 saturated heterocycles. The molecule has 1 amide bonds. The monoisotopic (exact) mass is 621 g/mol. The molecule has 3 aromatic rings. The van der Waals surface area contributed by atoms with Gasteiger partial charge < -0.3 is 19.5 Å². The van der Waals surface area contributed by atoms with E-state index in [0.717, 1.165) is 68.7 Å². The smallest absolute Gasteiger partial charge is 0.337 e. The highest BCUT2D eigenvalue weighted by Crippen LogP contribution is 2.39. The third-order valence-corrected chi connectivity index (χ3v) is 9.07. The second-order valence-electron chi connectivity index (χ2n) is 11.9. The van der Waals surface area contributed by atoms with Crippen LogP contribution in [0.25, 0.3) is 0 Å². The number of rotatable bonds is 11. The van der Waals surface area contributed by atoms with Crippen molar-refractivity contribution >= 4 is 29.2 Å². The van der Waals surface area contributed by atoms with E-state index in [0.29, 0.717) is 34.4 Å². The molecule has 2 aliphatic heterocycles. The van der Waals surface area contributed by atoms with Gasteiger partial charge >= 0.3 is 5.97 Å². The van der Waals surface area contributed by atoms with E-state index in [1.807, 2.05) is 12.1 Å². The summed E-state index contributed by atoms with van der Waals surface area (Å²) in [6, 6.07) is 15.3. The van der Waals surface area contributed by atoms with Crippen LogP contribution in [0.3, 0.4) is 0 Å². The zero-order chi connectivity index (χ0) is 30.6. The average molecular weight is 622 g/mol. The van der Waals surface area contributed by atoms with E-state index in [2.05, 4.69) is 10.2 Å².